The minimum absolute atomic E-state index is 0.175. The Kier molecular flexibility index (Phi) is 6.14. The molecule has 0 aromatic heterocycles. The molecule has 1 atom stereocenters. The van der Waals surface area contributed by atoms with E-state index in [0.717, 1.165) is 19.4 Å². The third-order valence-corrected chi connectivity index (χ3v) is 3.70. The van der Waals surface area contributed by atoms with Gasteiger partial charge in [-0.15, -0.1) is 0 Å². The predicted molar refractivity (Wildman–Crippen MR) is 77.3 cm³/mol. The Morgan fingerprint density at radius 2 is 2.29 bits per heavy atom. The molecule has 116 valence electrons. The van der Waals surface area contributed by atoms with Crippen LogP contribution in [0.15, 0.2) is 24.3 Å². The topological polar surface area (TPSA) is 38.8 Å². The van der Waals surface area contributed by atoms with E-state index >= 15 is 0 Å². The summed E-state index contributed by atoms with van der Waals surface area (Å²) < 4.78 is 24.1. The highest BCUT2D eigenvalue weighted by atomic mass is 19.1. The fourth-order valence-electron chi connectivity index (χ4n) is 2.53. The van der Waals surface area contributed by atoms with Crippen LogP contribution >= 0.6 is 0 Å². The number of hydrogen-bond acceptors (Lipinski definition) is 4. The fraction of sp³-hybridized carbons (Fsp3) is 0.562. The third kappa shape index (κ3) is 5.10. The molecule has 0 aliphatic carbocycles. The molecule has 5 heteroatoms. The molecular formula is C16H22FNO3. The maximum atomic E-state index is 13.8. The van der Waals surface area contributed by atoms with Gasteiger partial charge in [0.2, 0.25) is 0 Å². The van der Waals surface area contributed by atoms with Gasteiger partial charge in [-0.25, -0.2) is 4.39 Å². The van der Waals surface area contributed by atoms with E-state index in [1.807, 2.05) is 6.07 Å². The number of carbonyl (C=O) groups is 1. The highest BCUT2D eigenvalue weighted by Crippen LogP contribution is 2.16. The van der Waals surface area contributed by atoms with Crippen molar-refractivity contribution in [2.75, 3.05) is 26.8 Å². The molecule has 0 amide bonds. The number of benzene rings is 1. The first-order chi connectivity index (χ1) is 10.2. The van der Waals surface area contributed by atoms with E-state index in [9.17, 15) is 9.18 Å². The van der Waals surface area contributed by atoms with E-state index in [0.29, 0.717) is 31.6 Å². The molecule has 0 bridgehead atoms. The van der Waals surface area contributed by atoms with Gasteiger partial charge >= 0.3 is 5.97 Å². The lowest BCUT2D eigenvalue weighted by Gasteiger charge is -2.25. The summed E-state index contributed by atoms with van der Waals surface area (Å²) in [6, 6.07) is 6.73. The van der Waals surface area contributed by atoms with Gasteiger partial charge in [0, 0.05) is 31.8 Å². The molecule has 1 unspecified atom stereocenters. The van der Waals surface area contributed by atoms with E-state index in [4.69, 9.17) is 4.74 Å². The van der Waals surface area contributed by atoms with Gasteiger partial charge in [0.1, 0.15) is 5.82 Å². The van der Waals surface area contributed by atoms with Crippen LogP contribution < -0.4 is 0 Å². The van der Waals surface area contributed by atoms with Gasteiger partial charge in [0.05, 0.1) is 19.6 Å². The van der Waals surface area contributed by atoms with E-state index in [2.05, 4.69) is 9.64 Å². The Labute approximate surface area is 124 Å². The molecule has 0 radical (unpaired) electrons. The van der Waals surface area contributed by atoms with E-state index in [-0.39, 0.29) is 17.9 Å². The van der Waals surface area contributed by atoms with E-state index < -0.39 is 0 Å². The Bertz CT molecular complexity index is 461. The van der Waals surface area contributed by atoms with Crippen LogP contribution in [0.1, 0.15) is 24.8 Å². The molecule has 0 spiro atoms. The third-order valence-electron chi connectivity index (χ3n) is 3.70. The highest BCUT2D eigenvalue weighted by molar-refractivity contribution is 5.69. The average molecular weight is 295 g/mol. The lowest BCUT2D eigenvalue weighted by molar-refractivity contribution is -0.141. The van der Waals surface area contributed by atoms with Gasteiger partial charge in [0.25, 0.3) is 0 Å². The van der Waals surface area contributed by atoms with Gasteiger partial charge < -0.3 is 9.47 Å². The van der Waals surface area contributed by atoms with Crippen LogP contribution in [0.4, 0.5) is 4.39 Å². The maximum Gasteiger partial charge on any atom is 0.306 e. The minimum Gasteiger partial charge on any atom is -0.469 e. The first kappa shape index (κ1) is 15.9. The van der Waals surface area contributed by atoms with Crippen LogP contribution in [0.25, 0.3) is 0 Å². The smallest absolute Gasteiger partial charge is 0.306 e. The summed E-state index contributed by atoms with van der Waals surface area (Å²) in [6.07, 6.45) is 2.56. The van der Waals surface area contributed by atoms with Crippen LogP contribution in [0.3, 0.4) is 0 Å². The largest absolute Gasteiger partial charge is 0.469 e. The maximum absolute atomic E-state index is 13.8. The Morgan fingerprint density at radius 1 is 1.48 bits per heavy atom. The average Bonchev–Trinajstić information content (AvgIpc) is 2.99. The molecule has 1 saturated heterocycles. The van der Waals surface area contributed by atoms with Crippen molar-refractivity contribution in [3.8, 4) is 0 Å². The van der Waals surface area contributed by atoms with Crippen LogP contribution in [-0.2, 0) is 20.8 Å². The van der Waals surface area contributed by atoms with Crippen molar-refractivity contribution in [2.24, 2.45) is 0 Å². The van der Waals surface area contributed by atoms with Gasteiger partial charge in [-0.2, -0.15) is 0 Å². The van der Waals surface area contributed by atoms with Crippen LogP contribution in [-0.4, -0.2) is 43.8 Å². The fourth-order valence-corrected chi connectivity index (χ4v) is 2.53. The summed E-state index contributed by atoms with van der Waals surface area (Å²) in [5, 5.41) is 0. The second-order valence-corrected chi connectivity index (χ2v) is 5.29. The predicted octanol–water partition coefficient (Wildman–Crippen LogP) is 2.37. The zero-order chi connectivity index (χ0) is 15.1. The highest BCUT2D eigenvalue weighted by Gasteiger charge is 2.20. The molecule has 4 nitrogen and oxygen atoms in total. The summed E-state index contributed by atoms with van der Waals surface area (Å²) in [5.74, 6) is -0.464. The van der Waals surface area contributed by atoms with Crippen molar-refractivity contribution in [3.63, 3.8) is 0 Å². The number of rotatable bonds is 7. The molecule has 2 rings (SSSR count). The zero-order valence-corrected chi connectivity index (χ0v) is 12.4. The summed E-state index contributed by atoms with van der Waals surface area (Å²) in [5.41, 5.74) is 0.639. The number of carbonyl (C=O) groups excluding carboxylic acids is 1. The second-order valence-electron chi connectivity index (χ2n) is 5.29. The van der Waals surface area contributed by atoms with Crippen LogP contribution in [0.5, 0.6) is 0 Å². The van der Waals surface area contributed by atoms with Crippen molar-refractivity contribution < 1.29 is 18.7 Å². The number of esters is 1. The monoisotopic (exact) mass is 295 g/mol. The second kappa shape index (κ2) is 8.10. The molecule has 21 heavy (non-hydrogen) atoms. The molecule has 0 saturated carbocycles. The first-order valence-electron chi connectivity index (χ1n) is 7.33. The molecule has 1 aromatic rings. The van der Waals surface area contributed by atoms with Crippen molar-refractivity contribution in [3.05, 3.63) is 35.6 Å². The number of halogens is 1. The quantitative estimate of drug-likeness (QED) is 0.724. The van der Waals surface area contributed by atoms with Gasteiger partial charge in [-0.1, -0.05) is 18.2 Å². The summed E-state index contributed by atoms with van der Waals surface area (Å²) in [7, 11) is 1.38. The summed E-state index contributed by atoms with van der Waals surface area (Å²) in [6.45, 7) is 2.52. The van der Waals surface area contributed by atoms with Crippen molar-refractivity contribution in [1.82, 2.24) is 4.90 Å². The number of nitrogens with zero attached hydrogens (tertiary/aromatic N) is 1. The summed E-state index contributed by atoms with van der Waals surface area (Å²) >= 11 is 0. The molecule has 1 aliphatic heterocycles. The van der Waals surface area contributed by atoms with Crippen molar-refractivity contribution in [1.29, 1.82) is 0 Å². The SMILES string of the molecule is COC(=O)CCN(Cc1ccccc1F)CC1CCCO1. The van der Waals surface area contributed by atoms with Crippen LogP contribution in [0.2, 0.25) is 0 Å². The molecule has 1 fully saturated rings. The minimum atomic E-state index is -0.249. The van der Waals surface area contributed by atoms with E-state index in [1.54, 1.807) is 12.1 Å². The Balaban J connectivity index is 1.96. The van der Waals surface area contributed by atoms with Gasteiger partial charge in [0.15, 0.2) is 0 Å². The lowest BCUT2D eigenvalue weighted by atomic mass is 10.1. The standard InChI is InChI=1S/C16H22FNO3/c1-20-16(19)8-9-18(12-14-6-4-10-21-14)11-13-5-2-3-7-15(13)17/h2-3,5,7,14H,4,6,8-12H2,1H3. The number of hydrogen-bond donors (Lipinski definition) is 0. The normalized spacial score (nSPS) is 18.1. The Hall–Kier alpha value is -1.46. The van der Waals surface area contributed by atoms with Gasteiger partial charge in [-0.3, -0.25) is 9.69 Å². The summed E-state index contributed by atoms with van der Waals surface area (Å²) in [4.78, 5) is 13.4. The zero-order valence-electron chi connectivity index (χ0n) is 12.4. The van der Waals surface area contributed by atoms with Crippen LogP contribution in [0, 0.1) is 5.82 Å². The molecule has 1 aromatic carbocycles. The molecule has 0 N–H and O–H groups in total. The number of ether oxygens (including phenoxy) is 2. The molecule has 1 aliphatic rings. The van der Waals surface area contributed by atoms with Crippen molar-refractivity contribution >= 4 is 5.97 Å². The van der Waals surface area contributed by atoms with E-state index in [1.165, 1.54) is 13.2 Å². The van der Waals surface area contributed by atoms with Crippen molar-refractivity contribution in [2.45, 2.75) is 31.9 Å². The Morgan fingerprint density at radius 3 is 2.95 bits per heavy atom. The molecular weight excluding hydrogens is 273 g/mol. The lowest BCUT2D eigenvalue weighted by Crippen LogP contribution is -2.34. The molecule has 1 heterocycles. The first-order valence-corrected chi connectivity index (χ1v) is 7.33. The number of methoxy groups -OCH3 is 1. The van der Waals surface area contributed by atoms with Gasteiger partial charge in [-0.05, 0) is 18.9 Å².